The molecule has 2 heterocycles. The number of non-ortho nitro benzene ring substituents is 1. The van der Waals surface area contributed by atoms with Gasteiger partial charge in [0.25, 0.3) is 5.69 Å². The van der Waals surface area contributed by atoms with Crippen LogP contribution in [0.5, 0.6) is 0 Å². The van der Waals surface area contributed by atoms with Crippen molar-refractivity contribution in [1.82, 2.24) is 5.32 Å². The number of anilines is 2. The zero-order valence-corrected chi connectivity index (χ0v) is 17.0. The fourth-order valence-electron chi connectivity index (χ4n) is 4.50. The normalized spacial score (nSPS) is 20.3. The van der Waals surface area contributed by atoms with Crippen molar-refractivity contribution in [2.45, 2.75) is 12.5 Å². The Balaban J connectivity index is 1.64. The molecule has 30 heavy (non-hydrogen) atoms. The van der Waals surface area contributed by atoms with Gasteiger partial charge in [0.2, 0.25) is 5.91 Å². The Morgan fingerprint density at radius 2 is 2.03 bits per heavy atom. The third-order valence-corrected chi connectivity index (χ3v) is 5.97. The van der Waals surface area contributed by atoms with Crippen LogP contribution in [-0.4, -0.2) is 56.8 Å². The lowest BCUT2D eigenvalue weighted by Gasteiger charge is -2.49. The van der Waals surface area contributed by atoms with Gasteiger partial charge in [0, 0.05) is 56.8 Å². The van der Waals surface area contributed by atoms with E-state index in [0.29, 0.717) is 19.6 Å². The number of rotatable bonds is 6. The number of carbonyl (C=O) groups excluding carboxylic acids is 1. The fraction of sp³-hybridized carbons (Fsp3) is 0.409. The second-order valence-corrected chi connectivity index (χ2v) is 7.71. The van der Waals surface area contributed by atoms with Crippen LogP contribution in [0.15, 0.2) is 48.5 Å². The van der Waals surface area contributed by atoms with Gasteiger partial charge in [-0.05, 0) is 30.2 Å². The lowest BCUT2D eigenvalue weighted by atomic mass is 9.83. The van der Waals surface area contributed by atoms with Crippen molar-refractivity contribution < 1.29 is 14.5 Å². The number of piperazine rings is 1. The third-order valence-electron chi connectivity index (χ3n) is 5.97. The van der Waals surface area contributed by atoms with Crippen LogP contribution in [0.4, 0.5) is 17.1 Å². The molecule has 1 fully saturated rings. The van der Waals surface area contributed by atoms with Gasteiger partial charge in [-0.2, -0.15) is 0 Å². The molecule has 2 aromatic carbocycles. The average Bonchev–Trinajstić information content (AvgIpc) is 2.78. The van der Waals surface area contributed by atoms with Gasteiger partial charge in [0.05, 0.1) is 23.5 Å². The molecule has 2 atom stereocenters. The highest BCUT2D eigenvalue weighted by atomic mass is 16.6. The van der Waals surface area contributed by atoms with Crippen LogP contribution in [0.1, 0.15) is 5.56 Å². The highest BCUT2D eigenvalue weighted by Gasteiger charge is 2.42. The minimum atomic E-state index is -0.382. The molecule has 2 aliphatic heterocycles. The largest absolute Gasteiger partial charge is 0.383 e. The summed E-state index contributed by atoms with van der Waals surface area (Å²) in [4.78, 5) is 28.5. The second-order valence-electron chi connectivity index (χ2n) is 7.71. The summed E-state index contributed by atoms with van der Waals surface area (Å²) in [6.07, 6.45) is 0.486. The van der Waals surface area contributed by atoms with E-state index < -0.39 is 0 Å². The lowest BCUT2D eigenvalue weighted by molar-refractivity contribution is -0.384. The van der Waals surface area contributed by atoms with Gasteiger partial charge in [-0.15, -0.1) is 0 Å². The number of nitrogens with one attached hydrogen (secondary N) is 1. The van der Waals surface area contributed by atoms with E-state index in [1.54, 1.807) is 19.2 Å². The van der Waals surface area contributed by atoms with Crippen LogP contribution in [-0.2, 0) is 16.0 Å². The first-order valence-electron chi connectivity index (χ1n) is 10.2. The van der Waals surface area contributed by atoms with E-state index in [1.807, 2.05) is 24.3 Å². The number of hydrogen-bond acceptors (Lipinski definition) is 6. The van der Waals surface area contributed by atoms with Gasteiger partial charge >= 0.3 is 0 Å². The maximum Gasteiger partial charge on any atom is 0.269 e. The number of hydrogen-bond donors (Lipinski definition) is 1. The summed E-state index contributed by atoms with van der Waals surface area (Å²) in [6, 6.07) is 15.2. The smallest absolute Gasteiger partial charge is 0.269 e. The molecule has 8 nitrogen and oxygen atoms in total. The first-order chi connectivity index (χ1) is 14.6. The highest BCUT2D eigenvalue weighted by Crippen LogP contribution is 2.38. The molecule has 1 saturated heterocycles. The average molecular weight is 410 g/mol. The summed E-state index contributed by atoms with van der Waals surface area (Å²) in [5.74, 6) is -0.322. The van der Waals surface area contributed by atoms with Gasteiger partial charge < -0.3 is 19.9 Å². The minimum Gasteiger partial charge on any atom is -0.383 e. The fourth-order valence-corrected chi connectivity index (χ4v) is 4.50. The monoisotopic (exact) mass is 410 g/mol. The van der Waals surface area contributed by atoms with E-state index in [4.69, 9.17) is 4.74 Å². The van der Waals surface area contributed by atoms with Crippen LogP contribution in [0.3, 0.4) is 0 Å². The van der Waals surface area contributed by atoms with Gasteiger partial charge in [-0.1, -0.05) is 18.2 Å². The summed E-state index contributed by atoms with van der Waals surface area (Å²) >= 11 is 0. The van der Waals surface area contributed by atoms with Gasteiger partial charge in [-0.25, -0.2) is 0 Å². The molecular formula is C22H26N4O4. The van der Waals surface area contributed by atoms with E-state index in [2.05, 4.69) is 27.2 Å². The summed E-state index contributed by atoms with van der Waals surface area (Å²) in [7, 11) is 1.60. The van der Waals surface area contributed by atoms with Crippen LogP contribution < -0.4 is 15.1 Å². The topological polar surface area (TPSA) is 87.9 Å². The number of amides is 1. The Kier molecular flexibility index (Phi) is 5.85. The molecule has 158 valence electrons. The molecule has 0 spiro atoms. The number of ether oxygens (including phenoxy) is 1. The molecule has 8 heteroatoms. The van der Waals surface area contributed by atoms with Crippen molar-refractivity contribution in [3.63, 3.8) is 0 Å². The Labute approximate surface area is 175 Å². The number of nitrogens with zero attached hydrogens (tertiary/aromatic N) is 3. The van der Waals surface area contributed by atoms with Crippen molar-refractivity contribution in [3.8, 4) is 0 Å². The van der Waals surface area contributed by atoms with E-state index in [9.17, 15) is 14.9 Å². The van der Waals surface area contributed by atoms with Crippen LogP contribution >= 0.6 is 0 Å². The van der Waals surface area contributed by atoms with Crippen LogP contribution in [0.2, 0.25) is 0 Å². The molecule has 1 amide bonds. The molecule has 0 bridgehead atoms. The van der Waals surface area contributed by atoms with E-state index in [1.165, 1.54) is 0 Å². The molecule has 0 radical (unpaired) electrons. The predicted molar refractivity (Wildman–Crippen MR) is 115 cm³/mol. The quantitative estimate of drug-likeness (QED) is 0.446. The predicted octanol–water partition coefficient (Wildman–Crippen LogP) is 2.22. The second kappa shape index (κ2) is 8.71. The number of benzene rings is 2. The Bertz CT molecular complexity index is 921. The van der Waals surface area contributed by atoms with Gasteiger partial charge in [0.15, 0.2) is 0 Å². The van der Waals surface area contributed by atoms with Crippen molar-refractivity contribution in [2.75, 3.05) is 49.7 Å². The van der Waals surface area contributed by atoms with Crippen LogP contribution in [0.25, 0.3) is 0 Å². The molecule has 2 aliphatic rings. The Morgan fingerprint density at radius 3 is 2.77 bits per heavy atom. The van der Waals surface area contributed by atoms with Gasteiger partial charge in [0.1, 0.15) is 0 Å². The van der Waals surface area contributed by atoms with E-state index in [-0.39, 0.29) is 28.5 Å². The molecule has 0 aliphatic carbocycles. The zero-order valence-electron chi connectivity index (χ0n) is 17.0. The summed E-state index contributed by atoms with van der Waals surface area (Å²) in [6.45, 7) is 3.21. The SMILES string of the molecule is COCCNC(=O)C1Cc2cc([N+](=O)[O-])ccc2N2CCN(c3ccccc3)CC12. The summed E-state index contributed by atoms with van der Waals surface area (Å²) < 4.78 is 5.05. The number of nitro groups is 1. The highest BCUT2D eigenvalue weighted by molar-refractivity contribution is 5.82. The molecule has 0 aromatic heterocycles. The van der Waals surface area contributed by atoms with E-state index >= 15 is 0 Å². The minimum absolute atomic E-state index is 0.00421. The molecule has 2 aromatic rings. The van der Waals surface area contributed by atoms with Crippen molar-refractivity contribution in [2.24, 2.45) is 5.92 Å². The zero-order chi connectivity index (χ0) is 21.1. The summed E-state index contributed by atoms with van der Waals surface area (Å²) in [5.41, 5.74) is 3.07. The van der Waals surface area contributed by atoms with Crippen molar-refractivity contribution >= 4 is 23.0 Å². The number of nitro benzene ring substituents is 1. The number of methoxy groups -OCH3 is 1. The first kappa shape index (κ1) is 20.2. The number of carbonyl (C=O) groups is 1. The lowest BCUT2D eigenvalue weighted by Crippen LogP contribution is -2.61. The van der Waals surface area contributed by atoms with Crippen LogP contribution in [0, 0.1) is 16.0 Å². The van der Waals surface area contributed by atoms with Crippen molar-refractivity contribution in [3.05, 3.63) is 64.2 Å². The number of para-hydroxylation sites is 1. The van der Waals surface area contributed by atoms with Crippen molar-refractivity contribution in [1.29, 1.82) is 0 Å². The first-order valence-corrected chi connectivity index (χ1v) is 10.2. The number of fused-ring (bicyclic) bond motifs is 3. The standard InChI is InChI=1S/C22H26N4O4/c1-30-12-9-23-22(27)19-14-16-13-18(26(28)29)7-8-20(16)25-11-10-24(15-21(19)25)17-5-3-2-4-6-17/h2-8,13,19,21H,9-12,14-15H2,1H3,(H,23,27). The third kappa shape index (κ3) is 3.95. The molecule has 1 N–H and O–H groups in total. The maximum absolute atomic E-state index is 13.1. The Morgan fingerprint density at radius 1 is 1.23 bits per heavy atom. The van der Waals surface area contributed by atoms with E-state index in [0.717, 1.165) is 36.6 Å². The molecular weight excluding hydrogens is 384 g/mol. The summed E-state index contributed by atoms with van der Waals surface area (Å²) in [5, 5.41) is 14.2. The van der Waals surface area contributed by atoms with Gasteiger partial charge in [-0.3, -0.25) is 14.9 Å². The molecule has 2 unspecified atom stereocenters. The maximum atomic E-state index is 13.1. The molecule has 4 rings (SSSR count). The Hall–Kier alpha value is -3.13. The molecule has 0 saturated carbocycles.